The molecule has 5 rings (SSSR count). The van der Waals surface area contributed by atoms with E-state index in [1.165, 1.54) is 11.3 Å². The Labute approximate surface area is 188 Å². The third-order valence-corrected chi connectivity index (χ3v) is 7.07. The van der Waals surface area contributed by atoms with Crippen LogP contribution < -0.4 is 5.56 Å². The summed E-state index contributed by atoms with van der Waals surface area (Å²) in [6, 6.07) is 6.89. The SMILES string of the molecule is Cc1ccc(C(=O)N2CCc3nc(C4CCCN4C(=O)c4ccncc4)[nH]c(=O)c3C2)s1. The van der Waals surface area contributed by atoms with E-state index in [9.17, 15) is 14.4 Å². The van der Waals surface area contributed by atoms with E-state index in [1.807, 2.05) is 19.1 Å². The van der Waals surface area contributed by atoms with Crippen molar-refractivity contribution < 1.29 is 9.59 Å². The zero-order chi connectivity index (χ0) is 22.2. The van der Waals surface area contributed by atoms with Crippen molar-refractivity contribution in [3.8, 4) is 0 Å². The van der Waals surface area contributed by atoms with Crippen LogP contribution >= 0.6 is 11.3 Å². The first-order valence-corrected chi connectivity index (χ1v) is 11.5. The van der Waals surface area contributed by atoms with Crippen LogP contribution in [0.4, 0.5) is 0 Å². The van der Waals surface area contributed by atoms with Crippen LogP contribution in [0.5, 0.6) is 0 Å². The lowest BCUT2D eigenvalue weighted by atomic mass is 10.1. The number of pyridine rings is 1. The summed E-state index contributed by atoms with van der Waals surface area (Å²) in [7, 11) is 0. The second-order valence-corrected chi connectivity index (χ2v) is 9.44. The maximum absolute atomic E-state index is 13.0. The first-order valence-electron chi connectivity index (χ1n) is 10.7. The van der Waals surface area contributed by atoms with Crippen molar-refractivity contribution in [2.45, 2.75) is 38.8 Å². The normalized spacial score (nSPS) is 18.0. The van der Waals surface area contributed by atoms with Gasteiger partial charge in [-0.25, -0.2) is 4.98 Å². The molecule has 3 aromatic rings. The molecule has 1 fully saturated rings. The van der Waals surface area contributed by atoms with Crippen molar-refractivity contribution in [3.63, 3.8) is 0 Å². The molecule has 3 aromatic heterocycles. The predicted octanol–water partition coefficient (Wildman–Crippen LogP) is 2.71. The summed E-state index contributed by atoms with van der Waals surface area (Å²) in [5.74, 6) is 0.391. The van der Waals surface area contributed by atoms with E-state index >= 15 is 0 Å². The lowest BCUT2D eigenvalue weighted by Gasteiger charge is -2.29. The lowest BCUT2D eigenvalue weighted by Crippen LogP contribution is -2.40. The average molecular weight is 450 g/mol. The summed E-state index contributed by atoms with van der Waals surface area (Å²) in [5, 5.41) is 0. The minimum atomic E-state index is -0.262. The van der Waals surface area contributed by atoms with Crippen molar-refractivity contribution in [3.05, 3.63) is 79.4 Å². The molecule has 0 aromatic carbocycles. The molecule has 0 aliphatic carbocycles. The molecule has 9 heteroatoms. The van der Waals surface area contributed by atoms with Crippen molar-refractivity contribution in [2.75, 3.05) is 13.1 Å². The van der Waals surface area contributed by atoms with E-state index in [-0.39, 0.29) is 30.0 Å². The summed E-state index contributed by atoms with van der Waals surface area (Å²) in [4.78, 5) is 55.7. The Morgan fingerprint density at radius 2 is 1.94 bits per heavy atom. The summed E-state index contributed by atoms with van der Waals surface area (Å²) in [6.45, 7) is 3.35. The van der Waals surface area contributed by atoms with E-state index in [0.29, 0.717) is 41.3 Å². The van der Waals surface area contributed by atoms with Crippen LogP contribution in [-0.2, 0) is 13.0 Å². The third-order valence-electron chi connectivity index (χ3n) is 6.08. The van der Waals surface area contributed by atoms with Crippen LogP contribution in [0.3, 0.4) is 0 Å². The maximum atomic E-state index is 13.0. The number of aromatic nitrogens is 3. The largest absolute Gasteiger partial charge is 0.333 e. The second kappa shape index (κ2) is 8.31. The van der Waals surface area contributed by atoms with E-state index in [4.69, 9.17) is 4.98 Å². The molecule has 2 amide bonds. The quantitative estimate of drug-likeness (QED) is 0.663. The van der Waals surface area contributed by atoms with Crippen LogP contribution in [0.2, 0.25) is 0 Å². The Morgan fingerprint density at radius 1 is 1.12 bits per heavy atom. The molecule has 0 bridgehead atoms. The van der Waals surface area contributed by atoms with Gasteiger partial charge in [-0.1, -0.05) is 0 Å². The molecule has 0 radical (unpaired) electrons. The molecule has 1 atom stereocenters. The highest BCUT2D eigenvalue weighted by atomic mass is 32.1. The van der Waals surface area contributed by atoms with E-state index in [0.717, 1.165) is 23.4 Å². The Morgan fingerprint density at radius 3 is 2.69 bits per heavy atom. The molecule has 0 saturated carbocycles. The lowest BCUT2D eigenvalue weighted by molar-refractivity contribution is 0.0718. The molecule has 2 aliphatic heterocycles. The molecule has 1 N–H and O–H groups in total. The number of carbonyl (C=O) groups is 2. The summed E-state index contributed by atoms with van der Waals surface area (Å²) in [6.07, 6.45) is 5.32. The standard InChI is InChI=1S/C23H23N5O3S/c1-14-4-5-19(32-14)23(31)27-12-8-17-16(13-27)21(29)26-20(25-17)18-3-2-11-28(18)22(30)15-6-9-24-10-7-15/h4-7,9-10,18H,2-3,8,11-13H2,1H3,(H,25,26,29). The number of hydrogen-bond donors (Lipinski definition) is 1. The monoisotopic (exact) mass is 449 g/mol. The second-order valence-electron chi connectivity index (χ2n) is 8.16. The van der Waals surface area contributed by atoms with Gasteiger partial charge in [0.05, 0.1) is 28.7 Å². The molecule has 32 heavy (non-hydrogen) atoms. The molecule has 8 nitrogen and oxygen atoms in total. The van der Waals surface area contributed by atoms with Crippen molar-refractivity contribution in [2.24, 2.45) is 0 Å². The number of amides is 2. The first-order chi connectivity index (χ1) is 15.5. The number of fused-ring (bicyclic) bond motifs is 1. The van der Waals surface area contributed by atoms with Crippen LogP contribution in [-0.4, -0.2) is 49.7 Å². The molecule has 1 saturated heterocycles. The fraction of sp³-hybridized carbons (Fsp3) is 0.348. The molecule has 0 spiro atoms. The molecule has 2 aliphatic rings. The van der Waals surface area contributed by atoms with Crippen LogP contribution in [0, 0.1) is 6.92 Å². The van der Waals surface area contributed by atoms with Crippen LogP contribution in [0.15, 0.2) is 41.5 Å². The van der Waals surface area contributed by atoms with Gasteiger partial charge in [-0.05, 0) is 44.0 Å². The molecular formula is C23H23N5O3S. The zero-order valence-electron chi connectivity index (χ0n) is 17.7. The van der Waals surface area contributed by atoms with Crippen molar-refractivity contribution in [1.29, 1.82) is 0 Å². The third kappa shape index (κ3) is 3.73. The van der Waals surface area contributed by atoms with E-state index in [2.05, 4.69) is 9.97 Å². The average Bonchev–Trinajstić information content (AvgIpc) is 3.48. The van der Waals surface area contributed by atoms with Gasteiger partial charge >= 0.3 is 0 Å². The highest BCUT2D eigenvalue weighted by molar-refractivity contribution is 7.13. The first kappa shape index (κ1) is 20.6. The number of likely N-dealkylation sites (tertiary alicyclic amines) is 1. The summed E-state index contributed by atoms with van der Waals surface area (Å²) < 4.78 is 0. The number of rotatable bonds is 3. The van der Waals surface area contributed by atoms with Gasteiger partial charge in [0.1, 0.15) is 5.82 Å². The number of nitrogens with zero attached hydrogens (tertiary/aromatic N) is 4. The molecule has 164 valence electrons. The number of carbonyl (C=O) groups excluding carboxylic acids is 2. The van der Waals surface area contributed by atoms with Gasteiger partial charge in [-0.15, -0.1) is 11.3 Å². The Kier molecular flexibility index (Phi) is 5.34. The number of thiophene rings is 1. The fourth-order valence-corrected chi connectivity index (χ4v) is 5.27. The number of nitrogens with one attached hydrogen (secondary N) is 1. The highest BCUT2D eigenvalue weighted by Crippen LogP contribution is 2.31. The minimum absolute atomic E-state index is 0.0536. The van der Waals surface area contributed by atoms with Crippen LogP contribution in [0.1, 0.15) is 60.9 Å². The summed E-state index contributed by atoms with van der Waals surface area (Å²) in [5.41, 5.74) is 1.60. The smallest absolute Gasteiger partial charge is 0.264 e. The number of H-pyrrole nitrogens is 1. The molecule has 1 unspecified atom stereocenters. The Hall–Kier alpha value is -3.33. The van der Waals surface area contributed by atoms with Crippen molar-refractivity contribution >= 4 is 23.2 Å². The van der Waals surface area contributed by atoms with E-state index in [1.54, 1.807) is 34.3 Å². The van der Waals surface area contributed by atoms with Gasteiger partial charge in [0.25, 0.3) is 17.4 Å². The fourth-order valence-electron chi connectivity index (χ4n) is 4.44. The number of aromatic amines is 1. The highest BCUT2D eigenvalue weighted by Gasteiger charge is 2.34. The Bertz CT molecular complexity index is 1240. The van der Waals surface area contributed by atoms with Gasteiger partial charge in [-0.3, -0.25) is 19.4 Å². The van der Waals surface area contributed by atoms with Gasteiger partial charge in [-0.2, -0.15) is 0 Å². The van der Waals surface area contributed by atoms with Gasteiger partial charge < -0.3 is 14.8 Å². The van der Waals surface area contributed by atoms with Crippen molar-refractivity contribution in [1.82, 2.24) is 24.8 Å². The number of aryl methyl sites for hydroxylation is 1. The zero-order valence-corrected chi connectivity index (χ0v) is 18.5. The minimum Gasteiger partial charge on any atom is -0.333 e. The Balaban J connectivity index is 1.39. The molecule has 5 heterocycles. The van der Waals surface area contributed by atoms with Gasteiger partial charge in [0, 0.05) is 42.3 Å². The van der Waals surface area contributed by atoms with E-state index < -0.39 is 0 Å². The molecular weight excluding hydrogens is 426 g/mol. The number of hydrogen-bond acceptors (Lipinski definition) is 6. The van der Waals surface area contributed by atoms with Crippen LogP contribution in [0.25, 0.3) is 0 Å². The van der Waals surface area contributed by atoms with Gasteiger partial charge in [0.2, 0.25) is 0 Å². The topological polar surface area (TPSA) is 99.3 Å². The van der Waals surface area contributed by atoms with Gasteiger partial charge in [0.15, 0.2) is 0 Å². The predicted molar refractivity (Wildman–Crippen MR) is 120 cm³/mol. The summed E-state index contributed by atoms with van der Waals surface area (Å²) >= 11 is 1.46. The maximum Gasteiger partial charge on any atom is 0.264 e.